The second-order valence-electron chi connectivity index (χ2n) is 7.26. The normalized spacial score (nSPS) is 15.2. The molecule has 1 aromatic heterocycles. The number of ether oxygens (including phenoxy) is 1. The van der Waals surface area contributed by atoms with Gasteiger partial charge in [0.2, 0.25) is 5.91 Å². The SMILES string of the molecule is COc1ccc([C@H]2C(C)=Nc3ccccc3N=C2NC(=O)CSc2nccc(C)n2)cc1. The van der Waals surface area contributed by atoms with Gasteiger partial charge < -0.3 is 10.1 Å². The van der Waals surface area contributed by atoms with Gasteiger partial charge in [0.15, 0.2) is 5.16 Å². The molecule has 1 amide bonds. The number of carbonyl (C=O) groups is 1. The van der Waals surface area contributed by atoms with Gasteiger partial charge in [0.1, 0.15) is 11.6 Å². The van der Waals surface area contributed by atoms with Gasteiger partial charge in [-0.1, -0.05) is 36.0 Å². The third-order valence-corrected chi connectivity index (χ3v) is 5.79. The van der Waals surface area contributed by atoms with Crippen LogP contribution in [0.3, 0.4) is 0 Å². The zero-order valence-electron chi connectivity index (χ0n) is 18.1. The molecule has 0 fully saturated rings. The third-order valence-electron chi connectivity index (χ3n) is 4.93. The lowest BCUT2D eigenvalue weighted by atomic mass is 9.93. The van der Waals surface area contributed by atoms with E-state index in [1.807, 2.05) is 68.4 Å². The quantitative estimate of drug-likeness (QED) is 0.457. The van der Waals surface area contributed by atoms with Gasteiger partial charge in [-0.25, -0.2) is 15.0 Å². The minimum Gasteiger partial charge on any atom is -0.497 e. The third kappa shape index (κ3) is 5.03. The molecule has 4 rings (SSSR count). The summed E-state index contributed by atoms with van der Waals surface area (Å²) in [4.78, 5) is 31.0. The van der Waals surface area contributed by atoms with Gasteiger partial charge in [-0.15, -0.1) is 0 Å². The lowest BCUT2D eigenvalue weighted by Crippen LogP contribution is -2.38. The number of aliphatic imine (C=N–C) groups is 2. The number of hydrogen-bond donors (Lipinski definition) is 1. The molecule has 1 aliphatic heterocycles. The first-order valence-electron chi connectivity index (χ1n) is 10.1. The van der Waals surface area contributed by atoms with E-state index in [1.165, 1.54) is 11.8 Å². The van der Waals surface area contributed by atoms with Crippen molar-refractivity contribution in [3.05, 3.63) is 72.1 Å². The maximum Gasteiger partial charge on any atom is 0.235 e. The van der Waals surface area contributed by atoms with Gasteiger partial charge in [0.25, 0.3) is 0 Å². The lowest BCUT2D eigenvalue weighted by Gasteiger charge is -2.19. The van der Waals surface area contributed by atoms with Crippen molar-refractivity contribution in [3.63, 3.8) is 0 Å². The van der Waals surface area contributed by atoms with E-state index in [0.717, 1.165) is 28.4 Å². The van der Waals surface area contributed by atoms with Crippen LogP contribution in [0.1, 0.15) is 24.1 Å². The van der Waals surface area contributed by atoms with E-state index in [0.29, 0.717) is 16.7 Å². The molecule has 2 aromatic carbocycles. The van der Waals surface area contributed by atoms with E-state index < -0.39 is 0 Å². The van der Waals surface area contributed by atoms with Crippen LogP contribution in [0.4, 0.5) is 11.4 Å². The highest BCUT2D eigenvalue weighted by Crippen LogP contribution is 2.34. The van der Waals surface area contributed by atoms with Gasteiger partial charge in [-0.3, -0.25) is 9.79 Å². The number of amides is 1. The Morgan fingerprint density at radius 2 is 1.75 bits per heavy atom. The van der Waals surface area contributed by atoms with Crippen molar-refractivity contribution in [2.75, 3.05) is 12.9 Å². The summed E-state index contributed by atoms with van der Waals surface area (Å²) in [6.07, 6.45) is 1.69. The summed E-state index contributed by atoms with van der Waals surface area (Å²) in [5, 5.41) is 3.58. The summed E-state index contributed by atoms with van der Waals surface area (Å²) in [7, 11) is 1.63. The van der Waals surface area contributed by atoms with E-state index in [4.69, 9.17) is 14.7 Å². The van der Waals surface area contributed by atoms with Crippen molar-refractivity contribution in [1.82, 2.24) is 15.3 Å². The van der Waals surface area contributed by atoms with Crippen LogP contribution in [0.25, 0.3) is 0 Å². The molecule has 162 valence electrons. The zero-order valence-corrected chi connectivity index (χ0v) is 18.9. The maximum absolute atomic E-state index is 12.8. The fourth-order valence-corrected chi connectivity index (χ4v) is 4.08. The van der Waals surface area contributed by atoms with Crippen LogP contribution in [0, 0.1) is 6.92 Å². The number of nitrogens with zero attached hydrogens (tertiary/aromatic N) is 4. The standard InChI is InChI=1S/C24H23N5O2S/c1-15-12-13-25-24(26-15)32-14-21(30)29-23-22(17-8-10-18(31-3)11-9-17)16(2)27-19-6-4-5-7-20(19)28-23/h4-13,22H,14H2,1-3H3,(H,28,29,30)/t22-/m1/s1. The number of aryl methyl sites for hydroxylation is 1. The van der Waals surface area contributed by atoms with Crippen LogP contribution < -0.4 is 10.1 Å². The maximum atomic E-state index is 12.8. The number of nitrogens with one attached hydrogen (secondary N) is 1. The van der Waals surface area contributed by atoms with Gasteiger partial charge in [-0.2, -0.15) is 0 Å². The van der Waals surface area contributed by atoms with E-state index >= 15 is 0 Å². The van der Waals surface area contributed by atoms with Crippen LogP contribution in [0.15, 0.2) is 75.9 Å². The molecule has 0 aliphatic carbocycles. The number of fused-ring (bicyclic) bond motifs is 1. The van der Waals surface area contributed by atoms with Crippen LogP contribution in [0.5, 0.6) is 5.75 Å². The molecular weight excluding hydrogens is 422 g/mol. The van der Waals surface area contributed by atoms with Crippen molar-refractivity contribution < 1.29 is 9.53 Å². The van der Waals surface area contributed by atoms with Crippen LogP contribution in [0.2, 0.25) is 0 Å². The number of para-hydroxylation sites is 2. The molecule has 0 spiro atoms. The monoisotopic (exact) mass is 445 g/mol. The summed E-state index contributed by atoms with van der Waals surface area (Å²) in [5.41, 5.74) is 4.16. The van der Waals surface area contributed by atoms with Crippen molar-refractivity contribution >= 4 is 40.6 Å². The van der Waals surface area contributed by atoms with E-state index in [9.17, 15) is 4.79 Å². The molecule has 0 saturated carbocycles. The van der Waals surface area contributed by atoms with Crippen LogP contribution >= 0.6 is 11.8 Å². The first kappa shape index (κ1) is 21.7. The van der Waals surface area contributed by atoms with Gasteiger partial charge in [0, 0.05) is 17.6 Å². The topological polar surface area (TPSA) is 88.8 Å². The predicted molar refractivity (Wildman–Crippen MR) is 128 cm³/mol. The highest BCUT2D eigenvalue weighted by molar-refractivity contribution is 7.99. The second kappa shape index (κ2) is 9.74. The van der Waals surface area contributed by atoms with E-state index in [-0.39, 0.29) is 17.6 Å². The molecule has 8 heteroatoms. The number of amidine groups is 1. The first-order valence-corrected chi connectivity index (χ1v) is 11.1. The van der Waals surface area contributed by atoms with E-state index in [1.54, 1.807) is 13.3 Å². The number of hydrogen-bond acceptors (Lipinski definition) is 7. The summed E-state index contributed by atoms with van der Waals surface area (Å²) in [6.45, 7) is 3.85. The number of thioether (sulfide) groups is 1. The molecule has 2 heterocycles. The first-order chi connectivity index (χ1) is 15.5. The van der Waals surface area contributed by atoms with Gasteiger partial charge >= 0.3 is 0 Å². The lowest BCUT2D eigenvalue weighted by molar-refractivity contribution is -0.117. The molecule has 32 heavy (non-hydrogen) atoms. The molecule has 1 atom stereocenters. The molecular formula is C24H23N5O2S. The number of rotatable bonds is 5. The highest BCUT2D eigenvalue weighted by Gasteiger charge is 2.26. The highest BCUT2D eigenvalue weighted by atomic mass is 32.2. The van der Waals surface area contributed by atoms with Crippen molar-refractivity contribution in [2.45, 2.75) is 24.9 Å². The Bertz CT molecular complexity index is 1190. The predicted octanol–water partition coefficient (Wildman–Crippen LogP) is 4.62. The minimum absolute atomic E-state index is 0.176. The van der Waals surface area contributed by atoms with Gasteiger partial charge in [-0.05, 0) is 49.7 Å². The summed E-state index contributed by atoms with van der Waals surface area (Å²) in [5.74, 6) is 1.01. The van der Waals surface area contributed by atoms with Crippen LogP contribution in [-0.4, -0.2) is 40.3 Å². The Kier molecular flexibility index (Phi) is 6.61. The van der Waals surface area contributed by atoms with E-state index in [2.05, 4.69) is 15.3 Å². The summed E-state index contributed by atoms with van der Waals surface area (Å²) >= 11 is 1.29. The molecule has 0 saturated heterocycles. The van der Waals surface area contributed by atoms with Crippen LogP contribution in [-0.2, 0) is 4.79 Å². The number of aromatic nitrogens is 2. The smallest absolute Gasteiger partial charge is 0.235 e. The fourth-order valence-electron chi connectivity index (χ4n) is 3.40. The fraction of sp³-hybridized carbons (Fsp3) is 0.208. The molecule has 3 aromatic rings. The Morgan fingerprint density at radius 3 is 2.44 bits per heavy atom. The average molecular weight is 446 g/mol. The molecule has 0 radical (unpaired) electrons. The average Bonchev–Trinajstić information content (AvgIpc) is 2.93. The molecule has 0 unspecified atom stereocenters. The van der Waals surface area contributed by atoms with Gasteiger partial charge in [0.05, 0.1) is 30.2 Å². The number of methoxy groups -OCH3 is 1. The van der Waals surface area contributed by atoms with Crippen molar-refractivity contribution in [3.8, 4) is 5.75 Å². The second-order valence-corrected chi connectivity index (χ2v) is 8.21. The Balaban J connectivity index is 1.62. The zero-order chi connectivity index (χ0) is 22.5. The summed E-state index contributed by atoms with van der Waals surface area (Å²) < 4.78 is 5.29. The number of benzene rings is 2. The number of carbonyl (C=O) groups excluding carboxylic acids is 1. The Hall–Kier alpha value is -3.52. The largest absolute Gasteiger partial charge is 0.497 e. The molecule has 1 aliphatic rings. The van der Waals surface area contributed by atoms with Crippen molar-refractivity contribution in [1.29, 1.82) is 0 Å². The Morgan fingerprint density at radius 1 is 1.03 bits per heavy atom. The minimum atomic E-state index is -0.294. The summed E-state index contributed by atoms with van der Waals surface area (Å²) in [6, 6.07) is 17.2. The molecule has 1 N–H and O–H groups in total. The molecule has 7 nitrogen and oxygen atoms in total. The molecule has 0 bridgehead atoms. The Labute approximate surface area is 191 Å². The van der Waals surface area contributed by atoms with Crippen molar-refractivity contribution in [2.24, 2.45) is 9.98 Å².